The Bertz CT molecular complexity index is 546. The van der Waals surface area contributed by atoms with Gasteiger partial charge in [-0.1, -0.05) is 32.2 Å². The molecule has 0 aromatic carbocycles. The highest BCUT2D eigenvalue weighted by Crippen LogP contribution is 2.30. The second kappa shape index (κ2) is 7.66. The molecular weight excluding hydrogens is 282 g/mol. The number of nitrogens with one attached hydrogen (secondary N) is 1. The molecule has 2 rings (SSSR count). The van der Waals surface area contributed by atoms with E-state index in [1.807, 2.05) is 10.9 Å². The molecule has 0 amide bonds. The SMILES string of the molecule is CCCNC(c1cnn(CCC)c1)c1snnc1C(C)C. The number of hydrogen-bond acceptors (Lipinski definition) is 5. The fourth-order valence-corrected chi connectivity index (χ4v) is 3.25. The highest BCUT2D eigenvalue weighted by Gasteiger charge is 2.23. The lowest BCUT2D eigenvalue weighted by atomic mass is 10.0. The van der Waals surface area contributed by atoms with Crippen LogP contribution in [-0.2, 0) is 6.54 Å². The fourth-order valence-electron chi connectivity index (χ4n) is 2.34. The summed E-state index contributed by atoms with van der Waals surface area (Å²) in [7, 11) is 0. The van der Waals surface area contributed by atoms with Crippen molar-refractivity contribution in [1.82, 2.24) is 24.7 Å². The monoisotopic (exact) mass is 307 g/mol. The van der Waals surface area contributed by atoms with Gasteiger partial charge in [0.2, 0.25) is 0 Å². The van der Waals surface area contributed by atoms with Gasteiger partial charge < -0.3 is 5.32 Å². The highest BCUT2D eigenvalue weighted by atomic mass is 32.1. The average molecular weight is 307 g/mol. The molecule has 0 aliphatic heterocycles. The summed E-state index contributed by atoms with van der Waals surface area (Å²) in [6.07, 6.45) is 6.30. The predicted molar refractivity (Wildman–Crippen MR) is 86.7 cm³/mol. The van der Waals surface area contributed by atoms with E-state index in [1.165, 1.54) is 22.0 Å². The van der Waals surface area contributed by atoms with Crippen molar-refractivity contribution in [2.24, 2.45) is 0 Å². The van der Waals surface area contributed by atoms with Crippen LogP contribution in [0.25, 0.3) is 0 Å². The zero-order valence-corrected chi connectivity index (χ0v) is 14.2. The molecular formula is C15H25N5S. The Morgan fingerprint density at radius 3 is 2.76 bits per heavy atom. The van der Waals surface area contributed by atoms with Crippen LogP contribution in [0, 0.1) is 0 Å². The molecule has 6 heteroatoms. The van der Waals surface area contributed by atoms with E-state index >= 15 is 0 Å². The minimum Gasteiger partial charge on any atom is -0.305 e. The van der Waals surface area contributed by atoms with Crippen LogP contribution in [0.3, 0.4) is 0 Å². The second-order valence-electron chi connectivity index (χ2n) is 5.60. The van der Waals surface area contributed by atoms with E-state index in [9.17, 15) is 0 Å². The lowest BCUT2D eigenvalue weighted by Crippen LogP contribution is -2.23. The molecule has 21 heavy (non-hydrogen) atoms. The summed E-state index contributed by atoms with van der Waals surface area (Å²) < 4.78 is 6.18. The first kappa shape index (κ1) is 16.1. The Labute approximate surface area is 130 Å². The third-order valence-corrected chi connectivity index (χ3v) is 4.19. The maximum absolute atomic E-state index is 4.46. The first-order chi connectivity index (χ1) is 10.2. The van der Waals surface area contributed by atoms with Gasteiger partial charge in [0, 0.05) is 18.3 Å². The van der Waals surface area contributed by atoms with Gasteiger partial charge in [-0.3, -0.25) is 4.68 Å². The Morgan fingerprint density at radius 1 is 1.29 bits per heavy atom. The van der Waals surface area contributed by atoms with Crippen LogP contribution >= 0.6 is 11.5 Å². The van der Waals surface area contributed by atoms with Crippen molar-refractivity contribution in [3.63, 3.8) is 0 Å². The van der Waals surface area contributed by atoms with Crippen LogP contribution in [0.4, 0.5) is 0 Å². The lowest BCUT2D eigenvalue weighted by molar-refractivity contribution is 0.587. The van der Waals surface area contributed by atoms with Crippen molar-refractivity contribution in [3.05, 3.63) is 28.5 Å². The molecule has 0 spiro atoms. The molecule has 2 aromatic rings. The number of aromatic nitrogens is 4. The molecule has 116 valence electrons. The molecule has 2 aromatic heterocycles. The van der Waals surface area contributed by atoms with Crippen molar-refractivity contribution < 1.29 is 0 Å². The summed E-state index contributed by atoms with van der Waals surface area (Å²) in [6.45, 7) is 10.6. The average Bonchev–Trinajstić information content (AvgIpc) is 3.09. The Hall–Kier alpha value is -1.27. The molecule has 0 radical (unpaired) electrons. The number of rotatable bonds is 8. The summed E-state index contributed by atoms with van der Waals surface area (Å²) >= 11 is 1.49. The van der Waals surface area contributed by atoms with Crippen LogP contribution in [0.2, 0.25) is 0 Å². The van der Waals surface area contributed by atoms with Gasteiger partial charge >= 0.3 is 0 Å². The van der Waals surface area contributed by atoms with Gasteiger partial charge in [0.15, 0.2) is 0 Å². The first-order valence-corrected chi connectivity index (χ1v) is 8.52. The number of nitrogens with zero attached hydrogens (tertiary/aromatic N) is 4. The second-order valence-corrected chi connectivity index (χ2v) is 6.39. The number of aryl methyl sites for hydroxylation is 1. The topological polar surface area (TPSA) is 55.6 Å². The van der Waals surface area contributed by atoms with E-state index in [1.54, 1.807) is 0 Å². The van der Waals surface area contributed by atoms with Gasteiger partial charge in [-0.05, 0) is 36.8 Å². The zero-order chi connectivity index (χ0) is 15.2. The molecule has 0 fully saturated rings. The predicted octanol–water partition coefficient (Wildman–Crippen LogP) is 3.36. The fraction of sp³-hybridized carbons (Fsp3) is 0.667. The molecule has 2 heterocycles. The van der Waals surface area contributed by atoms with Gasteiger partial charge in [0.05, 0.1) is 22.8 Å². The smallest absolute Gasteiger partial charge is 0.0832 e. The molecule has 0 saturated heterocycles. The Balaban J connectivity index is 2.30. The van der Waals surface area contributed by atoms with Gasteiger partial charge in [-0.15, -0.1) is 5.10 Å². The largest absolute Gasteiger partial charge is 0.305 e. The van der Waals surface area contributed by atoms with Crippen LogP contribution in [0.15, 0.2) is 12.4 Å². The Kier molecular flexibility index (Phi) is 5.87. The van der Waals surface area contributed by atoms with Crippen molar-refractivity contribution in [1.29, 1.82) is 0 Å². The summed E-state index contributed by atoms with van der Waals surface area (Å²) in [5.41, 5.74) is 2.29. The van der Waals surface area contributed by atoms with Crippen molar-refractivity contribution in [2.75, 3.05) is 6.54 Å². The molecule has 0 aliphatic carbocycles. The first-order valence-electron chi connectivity index (χ1n) is 7.75. The standard InChI is InChI=1S/C15H25N5S/c1-5-7-16-14(12-9-17-20(10-12)8-6-2)15-13(11(3)4)18-19-21-15/h9-11,14,16H,5-8H2,1-4H3. The van der Waals surface area contributed by atoms with Gasteiger partial charge in [0.1, 0.15) is 0 Å². The van der Waals surface area contributed by atoms with E-state index in [-0.39, 0.29) is 6.04 Å². The van der Waals surface area contributed by atoms with Gasteiger partial charge in [-0.25, -0.2) is 0 Å². The van der Waals surface area contributed by atoms with Crippen molar-refractivity contribution >= 4 is 11.5 Å². The minimum absolute atomic E-state index is 0.146. The maximum Gasteiger partial charge on any atom is 0.0832 e. The van der Waals surface area contributed by atoms with Crippen LogP contribution in [-0.4, -0.2) is 25.9 Å². The molecule has 5 nitrogen and oxygen atoms in total. The van der Waals surface area contributed by atoms with Gasteiger partial charge in [0.25, 0.3) is 0 Å². The van der Waals surface area contributed by atoms with Crippen LogP contribution in [0.1, 0.15) is 68.6 Å². The van der Waals surface area contributed by atoms with E-state index in [2.05, 4.69) is 53.9 Å². The van der Waals surface area contributed by atoms with Crippen LogP contribution in [0.5, 0.6) is 0 Å². The normalized spacial score (nSPS) is 13.0. The van der Waals surface area contributed by atoms with E-state index in [4.69, 9.17) is 0 Å². The summed E-state index contributed by atoms with van der Waals surface area (Å²) in [6, 6.07) is 0.146. The third kappa shape index (κ3) is 3.89. The zero-order valence-electron chi connectivity index (χ0n) is 13.3. The minimum atomic E-state index is 0.146. The highest BCUT2D eigenvalue weighted by molar-refractivity contribution is 7.05. The Morgan fingerprint density at radius 2 is 2.10 bits per heavy atom. The van der Waals surface area contributed by atoms with E-state index in [0.29, 0.717) is 5.92 Å². The molecule has 1 atom stereocenters. The van der Waals surface area contributed by atoms with Crippen LogP contribution < -0.4 is 5.32 Å². The molecule has 0 bridgehead atoms. The number of hydrogen-bond donors (Lipinski definition) is 1. The quantitative estimate of drug-likeness (QED) is 0.812. The van der Waals surface area contributed by atoms with E-state index in [0.717, 1.165) is 31.6 Å². The molecule has 1 unspecified atom stereocenters. The third-order valence-electron chi connectivity index (χ3n) is 3.39. The van der Waals surface area contributed by atoms with Gasteiger partial charge in [-0.2, -0.15) is 5.10 Å². The summed E-state index contributed by atoms with van der Waals surface area (Å²) in [5, 5.41) is 12.4. The summed E-state index contributed by atoms with van der Waals surface area (Å²) in [4.78, 5) is 1.22. The molecule has 0 saturated carbocycles. The van der Waals surface area contributed by atoms with Crippen molar-refractivity contribution in [3.8, 4) is 0 Å². The van der Waals surface area contributed by atoms with E-state index < -0.39 is 0 Å². The maximum atomic E-state index is 4.46. The lowest BCUT2D eigenvalue weighted by Gasteiger charge is -2.17. The summed E-state index contributed by atoms with van der Waals surface area (Å²) in [5.74, 6) is 0.385. The molecule has 0 aliphatic rings. The van der Waals surface area contributed by atoms with Crippen molar-refractivity contribution in [2.45, 2.75) is 59.0 Å². The molecule has 1 N–H and O–H groups in total.